The molecule has 0 bridgehead atoms. The van der Waals surface area contributed by atoms with Crippen LogP contribution in [0.1, 0.15) is 41.5 Å². The van der Waals surface area contributed by atoms with Crippen LogP contribution in [0.3, 0.4) is 0 Å². The topological polar surface area (TPSA) is 46.6 Å². The standard InChI is InChI=1S/C13H23NO3/c1-7-14(11(3)15)10(2)8-9-12(16)17-13(4,5)6/h8-10H,7H2,1-6H3/b9-8+. The van der Waals surface area contributed by atoms with Crippen LogP contribution in [0.2, 0.25) is 0 Å². The molecule has 0 spiro atoms. The molecule has 0 aliphatic rings. The zero-order valence-electron chi connectivity index (χ0n) is 11.6. The van der Waals surface area contributed by atoms with Crippen molar-refractivity contribution in [1.82, 2.24) is 4.90 Å². The lowest BCUT2D eigenvalue weighted by molar-refractivity contribution is -0.148. The Bertz CT molecular complexity index is 302. The Morgan fingerprint density at radius 3 is 2.24 bits per heavy atom. The van der Waals surface area contributed by atoms with Gasteiger partial charge in [0.25, 0.3) is 0 Å². The van der Waals surface area contributed by atoms with Gasteiger partial charge in [0.2, 0.25) is 5.91 Å². The SMILES string of the molecule is CCN(C(C)=O)C(C)/C=C/C(=O)OC(C)(C)C. The van der Waals surface area contributed by atoms with E-state index in [-0.39, 0.29) is 17.9 Å². The minimum absolute atomic E-state index is 0.00570. The third-order valence-electron chi connectivity index (χ3n) is 2.15. The maximum absolute atomic E-state index is 11.4. The summed E-state index contributed by atoms with van der Waals surface area (Å²) in [6, 6.07) is -0.106. The molecule has 0 saturated heterocycles. The summed E-state index contributed by atoms with van der Waals surface area (Å²) in [4.78, 5) is 24.4. The molecule has 0 aromatic heterocycles. The number of rotatable bonds is 4. The van der Waals surface area contributed by atoms with Gasteiger partial charge in [0.05, 0.1) is 0 Å². The van der Waals surface area contributed by atoms with Crippen molar-refractivity contribution in [2.75, 3.05) is 6.54 Å². The van der Waals surface area contributed by atoms with E-state index in [9.17, 15) is 9.59 Å². The highest BCUT2D eigenvalue weighted by atomic mass is 16.6. The first-order chi connectivity index (χ1) is 7.67. The van der Waals surface area contributed by atoms with Crippen LogP contribution in [0.15, 0.2) is 12.2 Å². The maximum Gasteiger partial charge on any atom is 0.331 e. The van der Waals surface area contributed by atoms with Crippen LogP contribution < -0.4 is 0 Å². The van der Waals surface area contributed by atoms with Crippen LogP contribution in [0.5, 0.6) is 0 Å². The van der Waals surface area contributed by atoms with E-state index in [1.807, 2.05) is 34.6 Å². The normalized spacial score (nSPS) is 13.5. The average Bonchev–Trinajstić information content (AvgIpc) is 2.12. The molecule has 98 valence electrons. The summed E-state index contributed by atoms with van der Waals surface area (Å²) in [7, 11) is 0. The quantitative estimate of drug-likeness (QED) is 0.559. The summed E-state index contributed by atoms with van der Waals surface area (Å²) in [5.74, 6) is -0.391. The van der Waals surface area contributed by atoms with E-state index in [2.05, 4.69) is 0 Å². The maximum atomic E-state index is 11.4. The highest BCUT2D eigenvalue weighted by Gasteiger charge is 2.15. The molecule has 0 N–H and O–H groups in total. The smallest absolute Gasteiger partial charge is 0.331 e. The molecule has 0 heterocycles. The Kier molecular flexibility index (Phi) is 5.93. The first kappa shape index (κ1) is 15.7. The Morgan fingerprint density at radius 1 is 1.35 bits per heavy atom. The first-order valence-corrected chi connectivity index (χ1v) is 5.85. The van der Waals surface area contributed by atoms with Crippen molar-refractivity contribution >= 4 is 11.9 Å². The van der Waals surface area contributed by atoms with Gasteiger partial charge < -0.3 is 9.64 Å². The van der Waals surface area contributed by atoms with Gasteiger partial charge in [-0.1, -0.05) is 6.08 Å². The molecular weight excluding hydrogens is 218 g/mol. The number of nitrogens with zero attached hydrogens (tertiary/aromatic N) is 1. The molecule has 1 amide bonds. The number of hydrogen-bond acceptors (Lipinski definition) is 3. The van der Waals surface area contributed by atoms with Crippen molar-refractivity contribution in [3.05, 3.63) is 12.2 Å². The van der Waals surface area contributed by atoms with Crippen molar-refractivity contribution < 1.29 is 14.3 Å². The summed E-state index contributed by atoms with van der Waals surface area (Å²) in [6.45, 7) is 11.4. The third-order valence-corrected chi connectivity index (χ3v) is 2.15. The fraction of sp³-hybridized carbons (Fsp3) is 0.692. The largest absolute Gasteiger partial charge is 0.457 e. The molecular formula is C13H23NO3. The van der Waals surface area contributed by atoms with Gasteiger partial charge in [-0.25, -0.2) is 4.79 Å². The van der Waals surface area contributed by atoms with E-state index in [4.69, 9.17) is 4.74 Å². The fourth-order valence-electron chi connectivity index (χ4n) is 1.45. The minimum Gasteiger partial charge on any atom is -0.457 e. The summed E-state index contributed by atoms with van der Waals surface area (Å²) < 4.78 is 5.13. The van der Waals surface area contributed by atoms with Crippen LogP contribution in [0, 0.1) is 0 Å². The number of amides is 1. The molecule has 0 saturated carbocycles. The van der Waals surface area contributed by atoms with E-state index in [0.29, 0.717) is 6.54 Å². The van der Waals surface area contributed by atoms with Gasteiger partial charge in [-0.2, -0.15) is 0 Å². The van der Waals surface area contributed by atoms with E-state index in [1.54, 1.807) is 11.0 Å². The van der Waals surface area contributed by atoms with E-state index < -0.39 is 5.60 Å². The average molecular weight is 241 g/mol. The lowest BCUT2D eigenvalue weighted by atomic mass is 10.2. The molecule has 0 aliphatic carbocycles. The fourth-order valence-corrected chi connectivity index (χ4v) is 1.45. The molecule has 17 heavy (non-hydrogen) atoms. The lowest BCUT2D eigenvalue weighted by Crippen LogP contribution is -2.35. The predicted octanol–water partition coefficient (Wildman–Crippen LogP) is 2.14. The van der Waals surface area contributed by atoms with Crippen molar-refractivity contribution in [3.63, 3.8) is 0 Å². The van der Waals surface area contributed by atoms with Gasteiger partial charge in [0.15, 0.2) is 0 Å². The zero-order chi connectivity index (χ0) is 13.6. The van der Waals surface area contributed by atoms with Crippen molar-refractivity contribution in [2.24, 2.45) is 0 Å². The van der Waals surface area contributed by atoms with E-state index >= 15 is 0 Å². The van der Waals surface area contributed by atoms with Crippen LogP contribution in [-0.4, -0.2) is 35.0 Å². The molecule has 0 fully saturated rings. The van der Waals surface area contributed by atoms with Crippen LogP contribution in [0.25, 0.3) is 0 Å². The number of esters is 1. The van der Waals surface area contributed by atoms with Crippen molar-refractivity contribution in [1.29, 1.82) is 0 Å². The van der Waals surface area contributed by atoms with Crippen LogP contribution in [-0.2, 0) is 14.3 Å². The number of carbonyl (C=O) groups is 2. The monoisotopic (exact) mass is 241 g/mol. The van der Waals surface area contributed by atoms with Gasteiger partial charge in [0, 0.05) is 25.6 Å². The summed E-state index contributed by atoms with van der Waals surface area (Å²) >= 11 is 0. The number of hydrogen-bond donors (Lipinski definition) is 0. The minimum atomic E-state index is -0.490. The molecule has 4 heteroatoms. The second kappa shape index (κ2) is 6.42. The van der Waals surface area contributed by atoms with Gasteiger partial charge in [-0.15, -0.1) is 0 Å². The number of carbonyl (C=O) groups excluding carboxylic acids is 2. The molecule has 0 aliphatic heterocycles. The van der Waals surface area contributed by atoms with Crippen molar-refractivity contribution in [2.45, 2.75) is 53.2 Å². The van der Waals surface area contributed by atoms with Crippen molar-refractivity contribution in [3.8, 4) is 0 Å². The van der Waals surface area contributed by atoms with Crippen LogP contribution in [0.4, 0.5) is 0 Å². The first-order valence-electron chi connectivity index (χ1n) is 5.85. The number of ether oxygens (including phenoxy) is 1. The Hall–Kier alpha value is -1.32. The Morgan fingerprint density at radius 2 is 1.88 bits per heavy atom. The molecule has 0 radical (unpaired) electrons. The Labute approximate surface area is 104 Å². The van der Waals surface area contributed by atoms with Gasteiger partial charge in [-0.3, -0.25) is 4.79 Å². The molecule has 0 aromatic carbocycles. The second-order valence-corrected chi connectivity index (χ2v) is 4.94. The molecule has 1 atom stereocenters. The molecule has 0 rings (SSSR count). The molecule has 1 unspecified atom stereocenters. The lowest BCUT2D eigenvalue weighted by Gasteiger charge is -2.24. The predicted molar refractivity (Wildman–Crippen MR) is 67.5 cm³/mol. The highest BCUT2D eigenvalue weighted by Crippen LogP contribution is 2.08. The summed E-state index contributed by atoms with van der Waals surface area (Å²) in [6.07, 6.45) is 3.06. The van der Waals surface area contributed by atoms with E-state index in [0.717, 1.165) is 0 Å². The van der Waals surface area contributed by atoms with Gasteiger partial charge in [0.1, 0.15) is 5.60 Å². The highest BCUT2D eigenvalue weighted by molar-refractivity contribution is 5.82. The molecule has 0 aromatic rings. The summed E-state index contributed by atoms with van der Waals surface area (Å²) in [5, 5.41) is 0. The van der Waals surface area contributed by atoms with Crippen LogP contribution >= 0.6 is 0 Å². The summed E-state index contributed by atoms with van der Waals surface area (Å²) in [5.41, 5.74) is -0.490. The van der Waals surface area contributed by atoms with Gasteiger partial charge >= 0.3 is 5.97 Å². The molecule has 4 nitrogen and oxygen atoms in total. The number of likely N-dealkylation sites (N-methyl/N-ethyl adjacent to an activating group) is 1. The second-order valence-electron chi connectivity index (χ2n) is 4.94. The van der Waals surface area contributed by atoms with E-state index in [1.165, 1.54) is 13.0 Å². The third kappa shape index (κ3) is 6.76. The Balaban J connectivity index is 4.42. The zero-order valence-corrected chi connectivity index (χ0v) is 11.6. The van der Waals surface area contributed by atoms with Gasteiger partial charge in [-0.05, 0) is 34.6 Å².